The molecule has 0 aliphatic carbocycles. The van der Waals surface area contributed by atoms with Gasteiger partial charge in [-0.2, -0.15) is 5.10 Å². The fourth-order valence-corrected chi connectivity index (χ4v) is 4.30. The Morgan fingerprint density at radius 3 is 2.60 bits per heavy atom. The zero-order valence-corrected chi connectivity index (χ0v) is 21.4. The number of methoxy groups -OCH3 is 1. The molecule has 1 atom stereocenters. The van der Waals surface area contributed by atoms with E-state index in [1.165, 1.54) is 5.01 Å². The van der Waals surface area contributed by atoms with Crippen LogP contribution in [0.2, 0.25) is 0 Å². The molecule has 3 aromatic carbocycles. The van der Waals surface area contributed by atoms with Crippen molar-refractivity contribution in [2.45, 2.75) is 12.5 Å². The van der Waals surface area contributed by atoms with Gasteiger partial charge in [0.15, 0.2) is 12.9 Å². The van der Waals surface area contributed by atoms with Gasteiger partial charge in [-0.05, 0) is 48.0 Å². The number of hydrogen-bond donors (Lipinski definition) is 0. The van der Waals surface area contributed by atoms with E-state index in [9.17, 15) is 9.59 Å². The van der Waals surface area contributed by atoms with Gasteiger partial charge in [0.25, 0.3) is 5.91 Å². The van der Waals surface area contributed by atoms with Crippen LogP contribution in [-0.2, 0) is 4.79 Å². The van der Waals surface area contributed by atoms with Crippen molar-refractivity contribution in [2.75, 3.05) is 32.7 Å². The molecule has 1 amide bonds. The van der Waals surface area contributed by atoms with Crippen molar-refractivity contribution in [1.82, 2.24) is 5.01 Å². The first-order valence-electron chi connectivity index (χ1n) is 11.1. The Morgan fingerprint density at radius 1 is 1.14 bits per heavy atom. The maximum Gasteiger partial charge on any atom is 0.281 e. The molecular weight excluding hydrogens is 510 g/mol. The van der Waals surface area contributed by atoms with Gasteiger partial charge in [-0.15, -0.1) is 0 Å². The summed E-state index contributed by atoms with van der Waals surface area (Å²) in [6.07, 6.45) is 1.26. The lowest BCUT2D eigenvalue weighted by Crippen LogP contribution is -2.31. The molecule has 3 aromatic rings. The second-order valence-corrected chi connectivity index (χ2v) is 9.23. The molecule has 7 nitrogen and oxygen atoms in total. The van der Waals surface area contributed by atoms with E-state index in [0.29, 0.717) is 24.0 Å². The third-order valence-corrected chi connectivity index (χ3v) is 6.31. The Bertz CT molecular complexity index is 1260. The standard InChI is InChI=1S/C27H26BrN3O4/c1-30(2)22-10-7-18(8-11-22)25-15-24(19-5-4-6-23(14-19)34-3)29-31(25)27(33)17-35-26-12-9-21(28)13-20(26)16-32/h4-14,16,25H,15,17H2,1-3H3. The third kappa shape index (κ3) is 5.54. The number of nitrogens with zero attached hydrogens (tertiary/aromatic N) is 3. The summed E-state index contributed by atoms with van der Waals surface area (Å²) >= 11 is 3.34. The van der Waals surface area contributed by atoms with Crippen LogP contribution in [0.15, 0.2) is 76.3 Å². The van der Waals surface area contributed by atoms with Gasteiger partial charge in [0, 0.05) is 36.2 Å². The number of hydrazone groups is 1. The number of aldehydes is 1. The molecule has 0 bridgehead atoms. The molecule has 1 aliphatic heterocycles. The van der Waals surface area contributed by atoms with E-state index < -0.39 is 0 Å². The fraction of sp³-hybridized carbons (Fsp3) is 0.222. The van der Waals surface area contributed by atoms with Gasteiger partial charge >= 0.3 is 0 Å². The molecule has 0 saturated heterocycles. The zero-order valence-electron chi connectivity index (χ0n) is 19.8. The number of hydrogen-bond acceptors (Lipinski definition) is 6. The van der Waals surface area contributed by atoms with Gasteiger partial charge in [-0.1, -0.05) is 40.2 Å². The summed E-state index contributed by atoms with van der Waals surface area (Å²) in [6.45, 7) is -0.246. The van der Waals surface area contributed by atoms with Crippen LogP contribution in [0.4, 0.5) is 5.69 Å². The van der Waals surface area contributed by atoms with E-state index in [-0.39, 0.29) is 18.6 Å². The van der Waals surface area contributed by atoms with Crippen LogP contribution in [0.5, 0.6) is 11.5 Å². The second-order valence-electron chi connectivity index (χ2n) is 8.31. The van der Waals surface area contributed by atoms with Crippen molar-refractivity contribution in [2.24, 2.45) is 5.10 Å². The van der Waals surface area contributed by atoms with Crippen LogP contribution < -0.4 is 14.4 Å². The highest BCUT2D eigenvalue weighted by Gasteiger charge is 2.33. The van der Waals surface area contributed by atoms with Crippen molar-refractivity contribution in [3.63, 3.8) is 0 Å². The van der Waals surface area contributed by atoms with E-state index in [1.807, 2.05) is 67.5 Å². The summed E-state index contributed by atoms with van der Waals surface area (Å²) in [5.74, 6) is 0.769. The molecule has 35 heavy (non-hydrogen) atoms. The van der Waals surface area contributed by atoms with Crippen molar-refractivity contribution < 1.29 is 19.1 Å². The van der Waals surface area contributed by atoms with Gasteiger partial charge in [0.05, 0.1) is 24.4 Å². The molecular formula is C27H26BrN3O4. The molecule has 4 rings (SSSR count). The van der Waals surface area contributed by atoms with Crippen molar-refractivity contribution in [3.8, 4) is 11.5 Å². The average molecular weight is 536 g/mol. The number of amides is 1. The lowest BCUT2D eigenvalue weighted by molar-refractivity contribution is -0.135. The van der Waals surface area contributed by atoms with E-state index in [2.05, 4.69) is 15.9 Å². The van der Waals surface area contributed by atoms with Crippen molar-refractivity contribution in [3.05, 3.63) is 87.9 Å². The van der Waals surface area contributed by atoms with E-state index >= 15 is 0 Å². The number of anilines is 1. The van der Waals surface area contributed by atoms with Crippen LogP contribution in [0, 0.1) is 0 Å². The molecule has 0 fully saturated rings. The summed E-state index contributed by atoms with van der Waals surface area (Å²) in [4.78, 5) is 26.7. The Balaban J connectivity index is 1.61. The fourth-order valence-electron chi connectivity index (χ4n) is 3.92. The second kappa shape index (κ2) is 10.7. The highest BCUT2D eigenvalue weighted by atomic mass is 79.9. The Hall–Kier alpha value is -3.65. The maximum absolute atomic E-state index is 13.3. The Labute approximate surface area is 213 Å². The van der Waals surface area contributed by atoms with E-state index in [0.717, 1.165) is 32.7 Å². The minimum atomic E-state index is -0.302. The first-order chi connectivity index (χ1) is 16.9. The van der Waals surface area contributed by atoms with Crippen molar-refractivity contribution >= 4 is 39.5 Å². The van der Waals surface area contributed by atoms with Gasteiger partial charge in [0.1, 0.15) is 11.5 Å². The molecule has 1 heterocycles. The third-order valence-electron chi connectivity index (χ3n) is 5.81. The zero-order chi connectivity index (χ0) is 24.9. The highest BCUT2D eigenvalue weighted by Crippen LogP contribution is 2.34. The minimum Gasteiger partial charge on any atom is -0.497 e. The van der Waals surface area contributed by atoms with Gasteiger partial charge in [-0.3, -0.25) is 9.59 Å². The first kappa shape index (κ1) is 24.5. The summed E-state index contributed by atoms with van der Waals surface area (Å²) in [7, 11) is 5.59. The minimum absolute atomic E-state index is 0.246. The van der Waals surface area contributed by atoms with Crippen LogP contribution in [-0.4, -0.2) is 50.7 Å². The topological polar surface area (TPSA) is 71.4 Å². The predicted molar refractivity (Wildman–Crippen MR) is 140 cm³/mol. The average Bonchev–Trinajstić information content (AvgIpc) is 3.33. The SMILES string of the molecule is COc1cccc(C2=NN(C(=O)COc3ccc(Br)cc3C=O)C(c3ccc(N(C)C)cc3)C2)c1. The van der Waals surface area contributed by atoms with Crippen LogP contribution in [0.3, 0.4) is 0 Å². The summed E-state index contributed by atoms with van der Waals surface area (Å²) in [6, 6.07) is 20.5. The number of ether oxygens (including phenoxy) is 2. The molecule has 0 N–H and O–H groups in total. The molecule has 0 aromatic heterocycles. The van der Waals surface area contributed by atoms with E-state index in [4.69, 9.17) is 14.6 Å². The number of rotatable bonds is 8. The number of carbonyl (C=O) groups excluding carboxylic acids is 2. The Morgan fingerprint density at radius 2 is 1.91 bits per heavy atom. The molecule has 180 valence electrons. The first-order valence-corrected chi connectivity index (χ1v) is 11.9. The normalized spacial score (nSPS) is 14.9. The molecule has 1 aliphatic rings. The largest absolute Gasteiger partial charge is 0.497 e. The highest BCUT2D eigenvalue weighted by molar-refractivity contribution is 9.10. The van der Waals surface area contributed by atoms with Gasteiger partial charge in [-0.25, -0.2) is 5.01 Å². The van der Waals surface area contributed by atoms with Crippen molar-refractivity contribution in [1.29, 1.82) is 0 Å². The maximum atomic E-state index is 13.3. The molecule has 0 radical (unpaired) electrons. The smallest absolute Gasteiger partial charge is 0.281 e. The van der Waals surface area contributed by atoms with E-state index in [1.54, 1.807) is 25.3 Å². The summed E-state index contributed by atoms with van der Waals surface area (Å²) in [5.41, 5.74) is 4.09. The van der Waals surface area contributed by atoms with Gasteiger partial charge in [0.2, 0.25) is 0 Å². The Kier molecular flexibility index (Phi) is 7.51. The number of carbonyl (C=O) groups is 2. The summed E-state index contributed by atoms with van der Waals surface area (Å²) in [5, 5.41) is 6.18. The lowest BCUT2D eigenvalue weighted by Gasteiger charge is -2.23. The molecule has 0 spiro atoms. The quantitative estimate of drug-likeness (QED) is 0.375. The van der Waals surface area contributed by atoms with Gasteiger partial charge < -0.3 is 14.4 Å². The van der Waals surface area contributed by atoms with Crippen LogP contribution in [0.1, 0.15) is 33.9 Å². The number of benzene rings is 3. The van der Waals surface area contributed by atoms with Crippen LogP contribution in [0.25, 0.3) is 0 Å². The molecule has 0 saturated carbocycles. The predicted octanol–water partition coefficient (Wildman–Crippen LogP) is 5.09. The monoisotopic (exact) mass is 535 g/mol. The molecule has 8 heteroatoms. The number of halogens is 1. The lowest BCUT2D eigenvalue weighted by atomic mass is 9.98. The van der Waals surface area contributed by atoms with Crippen LogP contribution >= 0.6 is 15.9 Å². The molecule has 1 unspecified atom stereocenters. The summed E-state index contributed by atoms with van der Waals surface area (Å²) < 4.78 is 11.8.